The highest BCUT2D eigenvalue weighted by Crippen LogP contribution is 2.26. The molecular weight excluding hydrogens is 184 g/mol. The largest absolute Gasteiger partial charge is 0.303 e. The van der Waals surface area contributed by atoms with E-state index in [0.717, 1.165) is 25.8 Å². The van der Waals surface area contributed by atoms with E-state index in [2.05, 4.69) is 24.5 Å². The van der Waals surface area contributed by atoms with Gasteiger partial charge in [-0.2, -0.15) is 5.26 Å². The van der Waals surface area contributed by atoms with Gasteiger partial charge in [0, 0.05) is 13.0 Å². The quantitative estimate of drug-likeness (QED) is 0.522. The van der Waals surface area contributed by atoms with Gasteiger partial charge in [0.25, 0.3) is 0 Å². The highest BCUT2D eigenvalue weighted by molar-refractivity contribution is 5.03. The minimum absolute atomic E-state index is 0.662. The van der Waals surface area contributed by atoms with Crippen molar-refractivity contribution in [3.63, 3.8) is 0 Å². The molecule has 0 aromatic heterocycles. The van der Waals surface area contributed by atoms with Crippen molar-refractivity contribution in [3.8, 4) is 6.07 Å². The Hall–Kier alpha value is -0.810. The van der Waals surface area contributed by atoms with E-state index in [9.17, 15) is 0 Å². The van der Waals surface area contributed by atoms with Crippen LogP contribution in [0.4, 0.5) is 0 Å². The summed E-state index contributed by atoms with van der Waals surface area (Å²) in [5.41, 5.74) is 1.41. The van der Waals surface area contributed by atoms with Crippen LogP contribution in [0.2, 0.25) is 0 Å². The van der Waals surface area contributed by atoms with E-state index < -0.39 is 0 Å². The Morgan fingerprint density at radius 3 is 3.00 bits per heavy atom. The SMILES string of the molecule is C=C1CCN(CC)CCC1CCCC#N. The second-order valence-corrected chi connectivity index (χ2v) is 4.38. The molecule has 0 spiro atoms. The van der Waals surface area contributed by atoms with Gasteiger partial charge in [0.2, 0.25) is 0 Å². The fraction of sp³-hybridized carbons (Fsp3) is 0.769. The van der Waals surface area contributed by atoms with Gasteiger partial charge in [0.05, 0.1) is 6.07 Å². The Balaban J connectivity index is 2.36. The molecule has 1 unspecified atom stereocenters. The minimum atomic E-state index is 0.662. The van der Waals surface area contributed by atoms with E-state index in [1.807, 2.05) is 0 Å². The fourth-order valence-electron chi connectivity index (χ4n) is 2.25. The highest BCUT2D eigenvalue weighted by Gasteiger charge is 2.18. The summed E-state index contributed by atoms with van der Waals surface area (Å²) in [4.78, 5) is 2.50. The smallest absolute Gasteiger partial charge is 0.0621 e. The van der Waals surface area contributed by atoms with Crippen molar-refractivity contribution in [2.75, 3.05) is 19.6 Å². The number of nitriles is 1. The van der Waals surface area contributed by atoms with Gasteiger partial charge >= 0.3 is 0 Å². The summed E-state index contributed by atoms with van der Waals surface area (Å²) >= 11 is 0. The van der Waals surface area contributed by atoms with E-state index >= 15 is 0 Å². The molecular formula is C13H22N2. The fourth-order valence-corrected chi connectivity index (χ4v) is 2.25. The zero-order chi connectivity index (χ0) is 11.1. The molecule has 0 radical (unpaired) electrons. The summed E-state index contributed by atoms with van der Waals surface area (Å²) in [5.74, 6) is 0.662. The first-order valence-corrected chi connectivity index (χ1v) is 6.05. The van der Waals surface area contributed by atoms with E-state index in [1.54, 1.807) is 0 Å². The summed E-state index contributed by atoms with van der Waals surface area (Å²) in [6.45, 7) is 9.94. The zero-order valence-corrected chi connectivity index (χ0v) is 9.84. The van der Waals surface area contributed by atoms with Crippen LogP contribution in [0.3, 0.4) is 0 Å². The van der Waals surface area contributed by atoms with E-state index in [4.69, 9.17) is 5.26 Å². The average Bonchev–Trinajstić information content (AvgIpc) is 2.42. The average molecular weight is 206 g/mol. The molecule has 84 valence electrons. The van der Waals surface area contributed by atoms with Crippen molar-refractivity contribution in [2.45, 2.75) is 39.0 Å². The first kappa shape index (κ1) is 12.3. The third kappa shape index (κ3) is 4.05. The lowest BCUT2D eigenvalue weighted by Crippen LogP contribution is -2.24. The second-order valence-electron chi connectivity index (χ2n) is 4.38. The Bertz CT molecular complexity index is 239. The van der Waals surface area contributed by atoms with Crippen molar-refractivity contribution >= 4 is 0 Å². The third-order valence-corrected chi connectivity index (χ3v) is 3.41. The number of nitrogens with zero attached hydrogens (tertiary/aromatic N) is 2. The molecule has 0 bridgehead atoms. The lowest BCUT2D eigenvalue weighted by Gasteiger charge is -2.17. The van der Waals surface area contributed by atoms with Gasteiger partial charge in [-0.25, -0.2) is 0 Å². The van der Waals surface area contributed by atoms with Crippen LogP contribution in [0, 0.1) is 17.2 Å². The Morgan fingerprint density at radius 1 is 1.53 bits per heavy atom. The summed E-state index contributed by atoms with van der Waals surface area (Å²) in [5, 5.41) is 8.52. The minimum Gasteiger partial charge on any atom is -0.303 e. The molecule has 0 aromatic rings. The van der Waals surface area contributed by atoms with Gasteiger partial charge in [-0.05, 0) is 44.7 Å². The first-order valence-electron chi connectivity index (χ1n) is 6.05. The standard InChI is InChI=1S/C13H22N2/c1-3-15-10-7-12(2)13(8-11-15)6-4-5-9-14/h13H,2-8,10-11H2,1H3. The number of hydrogen-bond acceptors (Lipinski definition) is 2. The molecule has 1 rings (SSSR count). The lowest BCUT2D eigenvalue weighted by molar-refractivity contribution is 0.294. The van der Waals surface area contributed by atoms with Crippen LogP contribution >= 0.6 is 0 Å². The molecule has 0 saturated carbocycles. The van der Waals surface area contributed by atoms with E-state index in [0.29, 0.717) is 12.3 Å². The van der Waals surface area contributed by atoms with Crippen molar-refractivity contribution in [1.29, 1.82) is 5.26 Å². The summed E-state index contributed by atoms with van der Waals surface area (Å²) in [6, 6.07) is 2.22. The Kier molecular flexibility index (Phi) is 5.42. The van der Waals surface area contributed by atoms with Crippen molar-refractivity contribution in [2.24, 2.45) is 5.92 Å². The number of unbranched alkanes of at least 4 members (excludes halogenated alkanes) is 1. The van der Waals surface area contributed by atoms with Gasteiger partial charge in [-0.15, -0.1) is 0 Å². The van der Waals surface area contributed by atoms with Crippen molar-refractivity contribution < 1.29 is 0 Å². The number of rotatable bonds is 4. The van der Waals surface area contributed by atoms with Crippen LogP contribution in [0.5, 0.6) is 0 Å². The molecule has 1 fully saturated rings. The van der Waals surface area contributed by atoms with Crippen LogP contribution in [0.1, 0.15) is 39.0 Å². The van der Waals surface area contributed by atoms with Crippen LogP contribution in [-0.4, -0.2) is 24.5 Å². The molecule has 1 atom stereocenters. The maximum Gasteiger partial charge on any atom is 0.0621 e. The van der Waals surface area contributed by atoms with Gasteiger partial charge in [-0.1, -0.05) is 19.1 Å². The predicted molar refractivity (Wildman–Crippen MR) is 63.4 cm³/mol. The second kappa shape index (κ2) is 6.63. The topological polar surface area (TPSA) is 27.0 Å². The summed E-state index contributed by atoms with van der Waals surface area (Å²) in [7, 11) is 0. The van der Waals surface area contributed by atoms with Crippen LogP contribution in [-0.2, 0) is 0 Å². The van der Waals surface area contributed by atoms with Gasteiger partial charge in [0.1, 0.15) is 0 Å². The molecule has 0 N–H and O–H groups in total. The normalized spacial score (nSPS) is 23.5. The van der Waals surface area contributed by atoms with Gasteiger partial charge < -0.3 is 4.90 Å². The molecule has 0 aliphatic carbocycles. The lowest BCUT2D eigenvalue weighted by atomic mass is 9.91. The van der Waals surface area contributed by atoms with Crippen LogP contribution in [0.15, 0.2) is 12.2 Å². The highest BCUT2D eigenvalue weighted by atomic mass is 15.1. The van der Waals surface area contributed by atoms with Crippen molar-refractivity contribution in [3.05, 3.63) is 12.2 Å². The van der Waals surface area contributed by atoms with Crippen LogP contribution in [0.25, 0.3) is 0 Å². The van der Waals surface area contributed by atoms with E-state index in [-0.39, 0.29) is 0 Å². The summed E-state index contributed by atoms with van der Waals surface area (Å²) < 4.78 is 0. The molecule has 1 heterocycles. The maximum absolute atomic E-state index is 8.52. The van der Waals surface area contributed by atoms with E-state index in [1.165, 1.54) is 25.1 Å². The number of hydrogen-bond donors (Lipinski definition) is 0. The molecule has 2 nitrogen and oxygen atoms in total. The zero-order valence-electron chi connectivity index (χ0n) is 9.84. The molecule has 1 saturated heterocycles. The molecule has 0 aromatic carbocycles. The third-order valence-electron chi connectivity index (χ3n) is 3.41. The van der Waals surface area contributed by atoms with Crippen molar-refractivity contribution in [1.82, 2.24) is 4.90 Å². The first-order chi connectivity index (χ1) is 7.27. The molecule has 1 aliphatic rings. The maximum atomic E-state index is 8.52. The monoisotopic (exact) mass is 206 g/mol. The molecule has 15 heavy (non-hydrogen) atoms. The molecule has 0 amide bonds. The van der Waals surface area contributed by atoms with Gasteiger partial charge in [0.15, 0.2) is 0 Å². The molecule has 1 aliphatic heterocycles. The summed E-state index contributed by atoms with van der Waals surface area (Å²) in [6.07, 6.45) is 5.26. The van der Waals surface area contributed by atoms with Crippen LogP contribution < -0.4 is 0 Å². The Labute approximate surface area is 93.6 Å². The predicted octanol–water partition coefficient (Wildman–Crippen LogP) is 2.97. The Morgan fingerprint density at radius 2 is 2.33 bits per heavy atom. The van der Waals surface area contributed by atoms with Gasteiger partial charge in [-0.3, -0.25) is 0 Å². The number of likely N-dealkylation sites (tertiary alicyclic amines) is 1. The molecule has 2 heteroatoms.